The number of aromatic nitrogens is 2. The summed E-state index contributed by atoms with van der Waals surface area (Å²) < 4.78 is 1.97. The number of nitrogens with zero attached hydrogens (tertiary/aromatic N) is 2. The van der Waals surface area contributed by atoms with Gasteiger partial charge < -0.3 is 4.40 Å². The van der Waals surface area contributed by atoms with Crippen LogP contribution in [-0.2, 0) is 0 Å². The van der Waals surface area contributed by atoms with Crippen molar-refractivity contribution in [1.82, 2.24) is 9.38 Å². The Labute approximate surface area is 99.3 Å². The van der Waals surface area contributed by atoms with Gasteiger partial charge in [-0.3, -0.25) is 0 Å². The Morgan fingerprint density at radius 2 is 1.56 bits per heavy atom. The van der Waals surface area contributed by atoms with Crippen molar-refractivity contribution in [2.24, 2.45) is 5.41 Å². The van der Waals surface area contributed by atoms with Crippen molar-refractivity contribution in [3.05, 3.63) is 36.8 Å². The van der Waals surface area contributed by atoms with Crippen LogP contribution in [0.25, 0.3) is 5.65 Å². The molecule has 2 heterocycles. The van der Waals surface area contributed by atoms with E-state index in [-0.39, 0.29) is 0 Å². The summed E-state index contributed by atoms with van der Waals surface area (Å²) in [5, 5.41) is 0. The Bertz CT molecular complexity index is 347. The molecule has 0 amide bonds. The second-order valence-corrected chi connectivity index (χ2v) is 4.89. The van der Waals surface area contributed by atoms with E-state index in [0.717, 1.165) is 5.65 Å². The molecule has 0 N–H and O–H groups in total. The molecule has 0 spiro atoms. The van der Waals surface area contributed by atoms with E-state index in [4.69, 9.17) is 0 Å². The quantitative estimate of drug-likeness (QED) is 0.642. The monoisotopic (exact) mass is 220 g/mol. The van der Waals surface area contributed by atoms with Crippen molar-refractivity contribution in [2.75, 3.05) is 0 Å². The highest BCUT2D eigenvalue weighted by atomic mass is 15.0. The zero-order valence-corrected chi connectivity index (χ0v) is 11.4. The molecule has 0 unspecified atom stereocenters. The average Bonchev–Trinajstić information content (AvgIpc) is 2.66. The lowest BCUT2D eigenvalue weighted by Gasteiger charge is -2.05. The lowest BCUT2D eigenvalue weighted by Crippen LogP contribution is -1.93. The molecule has 2 rings (SSSR count). The van der Waals surface area contributed by atoms with Crippen molar-refractivity contribution >= 4 is 5.65 Å². The van der Waals surface area contributed by atoms with Gasteiger partial charge in [0.15, 0.2) is 0 Å². The van der Waals surface area contributed by atoms with Gasteiger partial charge in [-0.1, -0.05) is 47.6 Å². The molecule has 0 aliphatic rings. The lowest BCUT2D eigenvalue weighted by atomic mass is 10.0. The van der Waals surface area contributed by atoms with Gasteiger partial charge in [0.05, 0.1) is 0 Å². The summed E-state index contributed by atoms with van der Waals surface area (Å²) in [6.07, 6.45) is 5.69. The molecule has 0 atom stereocenters. The van der Waals surface area contributed by atoms with Crippen LogP contribution in [0.4, 0.5) is 0 Å². The smallest absolute Gasteiger partial charge is 0.136 e. The molecule has 0 saturated heterocycles. The first-order chi connectivity index (χ1) is 7.47. The fraction of sp³-hybridized carbons (Fsp3) is 0.500. The van der Waals surface area contributed by atoms with E-state index in [1.165, 1.54) is 0 Å². The first kappa shape index (κ1) is 14.7. The number of rotatable bonds is 0. The normalized spacial score (nSPS) is 9.88. The largest absolute Gasteiger partial charge is 0.307 e. The summed E-state index contributed by atoms with van der Waals surface area (Å²) in [5.74, 6) is 0. The van der Waals surface area contributed by atoms with E-state index < -0.39 is 0 Å². The van der Waals surface area contributed by atoms with E-state index in [1.54, 1.807) is 6.20 Å². The molecule has 0 aromatic carbocycles. The van der Waals surface area contributed by atoms with Gasteiger partial charge in [0.2, 0.25) is 0 Å². The van der Waals surface area contributed by atoms with Gasteiger partial charge in [0, 0.05) is 18.6 Å². The number of fused-ring (bicyclic) bond motifs is 1. The van der Waals surface area contributed by atoms with Gasteiger partial charge in [0.25, 0.3) is 0 Å². The van der Waals surface area contributed by atoms with E-state index >= 15 is 0 Å². The van der Waals surface area contributed by atoms with Crippen molar-refractivity contribution in [2.45, 2.75) is 41.5 Å². The summed E-state index contributed by atoms with van der Waals surface area (Å²) in [6, 6.07) is 5.93. The Morgan fingerprint density at radius 3 is 2.06 bits per heavy atom. The summed E-state index contributed by atoms with van der Waals surface area (Å²) in [7, 11) is 0. The molecule has 16 heavy (non-hydrogen) atoms. The van der Waals surface area contributed by atoms with Crippen LogP contribution in [-0.4, -0.2) is 9.38 Å². The second-order valence-electron chi connectivity index (χ2n) is 4.89. The van der Waals surface area contributed by atoms with Gasteiger partial charge in [-0.25, -0.2) is 4.98 Å². The summed E-state index contributed by atoms with van der Waals surface area (Å²) in [6.45, 7) is 12.8. The third kappa shape index (κ3) is 7.04. The first-order valence-electron chi connectivity index (χ1n) is 5.84. The standard InChI is InChI=1S/C7H6N2.C5H12.C2H6/c1-2-5-9-6-4-8-7(9)3-1;1-5(2,3)4;1-2/h1-6H;1-4H3;1-2H3. The van der Waals surface area contributed by atoms with Crippen LogP contribution in [0, 0.1) is 5.41 Å². The highest BCUT2D eigenvalue weighted by Gasteiger charge is 1.95. The zero-order chi connectivity index (χ0) is 12.6. The van der Waals surface area contributed by atoms with Crippen LogP contribution >= 0.6 is 0 Å². The first-order valence-corrected chi connectivity index (χ1v) is 5.84. The molecule has 0 bridgehead atoms. The molecular weight excluding hydrogens is 196 g/mol. The van der Waals surface area contributed by atoms with Crippen LogP contribution in [0.3, 0.4) is 0 Å². The molecule has 2 aromatic rings. The summed E-state index contributed by atoms with van der Waals surface area (Å²) in [5.41, 5.74) is 1.50. The highest BCUT2D eigenvalue weighted by molar-refractivity contribution is 5.36. The predicted molar refractivity (Wildman–Crippen MR) is 71.7 cm³/mol. The number of imidazole rings is 1. The predicted octanol–water partition coefficient (Wildman–Crippen LogP) is 4.41. The van der Waals surface area contributed by atoms with Gasteiger partial charge >= 0.3 is 0 Å². The minimum absolute atomic E-state index is 0.500. The fourth-order valence-corrected chi connectivity index (χ4v) is 0.864. The summed E-state index contributed by atoms with van der Waals surface area (Å²) >= 11 is 0. The van der Waals surface area contributed by atoms with Crippen LogP contribution in [0.5, 0.6) is 0 Å². The molecule has 0 aliphatic carbocycles. The summed E-state index contributed by atoms with van der Waals surface area (Å²) in [4.78, 5) is 4.08. The molecule has 2 nitrogen and oxygen atoms in total. The Hall–Kier alpha value is -1.31. The minimum Gasteiger partial charge on any atom is -0.307 e. The third-order valence-electron chi connectivity index (χ3n) is 1.30. The van der Waals surface area contributed by atoms with Crippen molar-refractivity contribution in [3.8, 4) is 0 Å². The van der Waals surface area contributed by atoms with Crippen LogP contribution < -0.4 is 0 Å². The third-order valence-corrected chi connectivity index (χ3v) is 1.30. The number of hydrogen-bond donors (Lipinski definition) is 0. The van der Waals surface area contributed by atoms with E-state index in [9.17, 15) is 0 Å². The maximum atomic E-state index is 4.08. The molecule has 0 fully saturated rings. The van der Waals surface area contributed by atoms with Crippen molar-refractivity contribution in [3.63, 3.8) is 0 Å². The maximum absolute atomic E-state index is 4.08. The molecular formula is C14H24N2. The van der Waals surface area contributed by atoms with Gasteiger partial charge in [-0.05, 0) is 17.5 Å². The van der Waals surface area contributed by atoms with E-state index in [1.807, 2.05) is 48.8 Å². The van der Waals surface area contributed by atoms with Crippen molar-refractivity contribution in [1.29, 1.82) is 0 Å². The number of hydrogen-bond acceptors (Lipinski definition) is 1. The van der Waals surface area contributed by atoms with Crippen LogP contribution in [0.1, 0.15) is 41.5 Å². The average molecular weight is 220 g/mol. The van der Waals surface area contributed by atoms with Crippen LogP contribution in [0.15, 0.2) is 36.8 Å². The van der Waals surface area contributed by atoms with Gasteiger partial charge in [-0.2, -0.15) is 0 Å². The molecule has 0 aliphatic heterocycles. The highest BCUT2D eigenvalue weighted by Crippen LogP contribution is 2.08. The maximum Gasteiger partial charge on any atom is 0.136 e. The molecule has 0 saturated carbocycles. The van der Waals surface area contributed by atoms with Crippen LogP contribution in [0.2, 0.25) is 0 Å². The lowest BCUT2D eigenvalue weighted by molar-refractivity contribution is 0.469. The Balaban J connectivity index is 0.000000280. The molecule has 0 radical (unpaired) electrons. The van der Waals surface area contributed by atoms with Crippen molar-refractivity contribution < 1.29 is 0 Å². The van der Waals surface area contributed by atoms with E-state index in [0.29, 0.717) is 5.41 Å². The fourth-order valence-electron chi connectivity index (χ4n) is 0.864. The zero-order valence-electron chi connectivity index (χ0n) is 11.4. The molecule has 2 aromatic heterocycles. The van der Waals surface area contributed by atoms with E-state index in [2.05, 4.69) is 32.7 Å². The number of pyridine rings is 1. The Kier molecular flexibility index (Phi) is 6.47. The van der Waals surface area contributed by atoms with Gasteiger partial charge in [0.1, 0.15) is 5.65 Å². The minimum atomic E-state index is 0.500. The molecule has 2 heteroatoms. The second kappa shape index (κ2) is 7.04. The topological polar surface area (TPSA) is 17.3 Å². The van der Waals surface area contributed by atoms with Gasteiger partial charge in [-0.15, -0.1) is 0 Å². The Morgan fingerprint density at radius 1 is 1.00 bits per heavy atom. The SMILES string of the molecule is CC.CC(C)(C)C.c1ccn2ccnc2c1. The molecule has 90 valence electrons.